The van der Waals surface area contributed by atoms with Gasteiger partial charge in [0.05, 0.1) is 0 Å². The molecule has 0 saturated heterocycles. The number of hydrogen-bond donors (Lipinski definition) is 0. The van der Waals surface area contributed by atoms with Crippen molar-refractivity contribution in [3.8, 4) is 11.5 Å². The number of rotatable bonds is 8. The molecule has 3 nitrogen and oxygen atoms in total. The van der Waals surface area contributed by atoms with Gasteiger partial charge < -0.3 is 14.2 Å². The van der Waals surface area contributed by atoms with E-state index in [1.807, 2.05) is 49.4 Å². The van der Waals surface area contributed by atoms with E-state index in [0.717, 1.165) is 11.5 Å². The summed E-state index contributed by atoms with van der Waals surface area (Å²) in [7, 11) is 0. The molecule has 0 N–H and O–H groups in total. The fourth-order valence-corrected chi connectivity index (χ4v) is 3.58. The fraction of sp³-hybridized carbons (Fsp3) is 0.478. The molecule has 0 amide bonds. The van der Waals surface area contributed by atoms with Gasteiger partial charge in [0.2, 0.25) is 6.29 Å². The lowest BCUT2D eigenvalue weighted by atomic mass is 9.70. The second-order valence-electron chi connectivity index (χ2n) is 8.08. The van der Waals surface area contributed by atoms with Crippen molar-refractivity contribution < 1.29 is 14.2 Å². The van der Waals surface area contributed by atoms with Gasteiger partial charge in [-0.15, -0.1) is 0 Å². The number of ether oxygens (including phenoxy) is 3. The maximum atomic E-state index is 5.83. The van der Waals surface area contributed by atoms with Crippen LogP contribution in [0.25, 0.3) is 0 Å². The highest BCUT2D eigenvalue weighted by atomic mass is 16.7. The summed E-state index contributed by atoms with van der Waals surface area (Å²) in [6.07, 6.45) is -0.381. The third kappa shape index (κ3) is 6.06. The number of para-hydroxylation sites is 1. The van der Waals surface area contributed by atoms with Crippen molar-refractivity contribution in [2.45, 2.75) is 53.8 Å². The summed E-state index contributed by atoms with van der Waals surface area (Å²) in [6, 6.07) is 18.0. The van der Waals surface area contributed by atoms with Gasteiger partial charge in [0.25, 0.3) is 0 Å². The van der Waals surface area contributed by atoms with E-state index in [4.69, 9.17) is 14.2 Å². The number of hydrogen-bond acceptors (Lipinski definition) is 3. The molecular formula is C23H32O3. The maximum Gasteiger partial charge on any atom is 0.200 e. The third-order valence-electron chi connectivity index (χ3n) is 4.41. The summed E-state index contributed by atoms with van der Waals surface area (Å²) >= 11 is 0. The molecule has 0 aromatic heterocycles. The topological polar surface area (TPSA) is 27.7 Å². The summed E-state index contributed by atoms with van der Waals surface area (Å²) in [5.41, 5.74) is 1.57. The van der Waals surface area contributed by atoms with Gasteiger partial charge in [0.15, 0.2) is 6.79 Å². The van der Waals surface area contributed by atoms with Gasteiger partial charge in [0, 0.05) is 0 Å². The molecule has 26 heavy (non-hydrogen) atoms. The summed E-state index contributed by atoms with van der Waals surface area (Å²) in [4.78, 5) is 0. The van der Waals surface area contributed by atoms with E-state index in [1.54, 1.807) is 0 Å². The van der Waals surface area contributed by atoms with Crippen LogP contribution in [0.1, 0.15) is 53.0 Å². The van der Waals surface area contributed by atoms with Crippen molar-refractivity contribution >= 4 is 0 Å². The molecule has 0 spiro atoms. The molecule has 0 aliphatic heterocycles. The first-order valence-electron chi connectivity index (χ1n) is 9.33. The van der Waals surface area contributed by atoms with Crippen LogP contribution in [0.4, 0.5) is 0 Å². The Morgan fingerprint density at radius 3 is 1.96 bits per heavy atom. The van der Waals surface area contributed by atoms with Gasteiger partial charge in [-0.2, -0.15) is 0 Å². The molecule has 0 radical (unpaired) electrons. The largest absolute Gasteiger partial charge is 0.467 e. The highest BCUT2D eigenvalue weighted by Gasteiger charge is 2.28. The monoisotopic (exact) mass is 356 g/mol. The van der Waals surface area contributed by atoms with Crippen molar-refractivity contribution in [1.82, 2.24) is 0 Å². The lowest BCUT2D eigenvalue weighted by molar-refractivity contribution is -0.116. The van der Waals surface area contributed by atoms with Crippen LogP contribution in [-0.4, -0.2) is 13.1 Å². The Morgan fingerprint density at radius 1 is 0.808 bits per heavy atom. The molecule has 0 aliphatic carbocycles. The van der Waals surface area contributed by atoms with Crippen LogP contribution < -0.4 is 9.47 Å². The van der Waals surface area contributed by atoms with Crippen LogP contribution >= 0.6 is 0 Å². The Bertz CT molecular complexity index is 641. The zero-order valence-electron chi connectivity index (χ0n) is 16.9. The van der Waals surface area contributed by atoms with E-state index >= 15 is 0 Å². The highest BCUT2D eigenvalue weighted by Crippen LogP contribution is 2.40. The molecule has 0 bridgehead atoms. The van der Waals surface area contributed by atoms with E-state index in [0.29, 0.717) is 11.8 Å². The normalized spacial score (nSPS) is 14.1. The molecule has 0 heterocycles. The predicted octanol–water partition coefficient (Wildman–Crippen LogP) is 6.25. The molecular weight excluding hydrogens is 324 g/mol. The molecule has 2 aromatic carbocycles. The number of benzene rings is 2. The minimum Gasteiger partial charge on any atom is -0.467 e. The standard InChI is InChI=1S/C23H32O3/c1-17(2)22(23(4,5)6)19-12-14-21(15-13-19)26-18(3)24-16-25-20-10-8-7-9-11-20/h7-15,17-18,22H,16H2,1-6H3. The van der Waals surface area contributed by atoms with E-state index in [9.17, 15) is 0 Å². The minimum atomic E-state index is -0.381. The minimum absolute atomic E-state index is 0.155. The molecule has 0 saturated carbocycles. The zero-order valence-corrected chi connectivity index (χ0v) is 16.9. The lowest BCUT2D eigenvalue weighted by Gasteiger charge is -2.34. The molecule has 142 valence electrons. The summed E-state index contributed by atoms with van der Waals surface area (Å²) in [6.45, 7) is 13.5. The maximum absolute atomic E-state index is 5.83. The second-order valence-corrected chi connectivity index (χ2v) is 8.08. The molecule has 0 aliphatic rings. The Morgan fingerprint density at radius 2 is 1.42 bits per heavy atom. The van der Waals surface area contributed by atoms with Crippen molar-refractivity contribution in [2.24, 2.45) is 11.3 Å². The van der Waals surface area contributed by atoms with Crippen LogP contribution in [0.15, 0.2) is 54.6 Å². The summed E-state index contributed by atoms with van der Waals surface area (Å²) in [5, 5.41) is 0. The van der Waals surface area contributed by atoms with Crippen molar-refractivity contribution in [1.29, 1.82) is 0 Å². The van der Waals surface area contributed by atoms with Crippen LogP contribution in [0.2, 0.25) is 0 Å². The van der Waals surface area contributed by atoms with Crippen LogP contribution in [0.5, 0.6) is 11.5 Å². The zero-order chi connectivity index (χ0) is 19.2. The average molecular weight is 357 g/mol. The smallest absolute Gasteiger partial charge is 0.200 e. The van der Waals surface area contributed by atoms with Crippen molar-refractivity contribution in [3.63, 3.8) is 0 Å². The lowest BCUT2D eigenvalue weighted by Crippen LogP contribution is -2.23. The van der Waals surface area contributed by atoms with Gasteiger partial charge in [-0.3, -0.25) is 0 Å². The second kappa shape index (κ2) is 9.09. The van der Waals surface area contributed by atoms with Gasteiger partial charge in [-0.25, -0.2) is 0 Å². The highest BCUT2D eigenvalue weighted by molar-refractivity contribution is 5.30. The van der Waals surface area contributed by atoms with E-state index in [-0.39, 0.29) is 18.5 Å². The Kier molecular flexibility index (Phi) is 7.10. The van der Waals surface area contributed by atoms with E-state index in [1.165, 1.54) is 5.56 Å². The Hall–Kier alpha value is -2.00. The first-order valence-corrected chi connectivity index (χ1v) is 9.33. The summed E-state index contributed by atoms with van der Waals surface area (Å²) in [5.74, 6) is 2.67. The SMILES string of the molecule is CC(OCOc1ccccc1)Oc1ccc(C(C(C)C)C(C)(C)C)cc1. The quantitative estimate of drug-likeness (QED) is 0.523. The van der Waals surface area contributed by atoms with E-state index < -0.39 is 0 Å². The van der Waals surface area contributed by atoms with Gasteiger partial charge in [-0.1, -0.05) is 65.0 Å². The molecule has 0 fully saturated rings. The van der Waals surface area contributed by atoms with Gasteiger partial charge in [0.1, 0.15) is 11.5 Å². The first kappa shape index (κ1) is 20.3. The predicted molar refractivity (Wildman–Crippen MR) is 107 cm³/mol. The average Bonchev–Trinajstić information content (AvgIpc) is 2.56. The van der Waals surface area contributed by atoms with Crippen LogP contribution in [0, 0.1) is 11.3 Å². The molecule has 2 unspecified atom stereocenters. The van der Waals surface area contributed by atoms with Crippen molar-refractivity contribution in [2.75, 3.05) is 6.79 Å². The third-order valence-corrected chi connectivity index (χ3v) is 4.41. The van der Waals surface area contributed by atoms with Crippen LogP contribution in [-0.2, 0) is 4.74 Å². The summed E-state index contributed by atoms with van der Waals surface area (Å²) < 4.78 is 16.9. The Balaban J connectivity index is 1.88. The Labute approximate surface area is 158 Å². The first-order chi connectivity index (χ1) is 12.3. The van der Waals surface area contributed by atoms with Gasteiger partial charge >= 0.3 is 0 Å². The molecule has 3 heteroatoms. The van der Waals surface area contributed by atoms with Crippen LogP contribution in [0.3, 0.4) is 0 Å². The molecule has 2 aromatic rings. The van der Waals surface area contributed by atoms with Crippen molar-refractivity contribution in [3.05, 3.63) is 60.2 Å². The molecule has 2 rings (SSSR count). The van der Waals surface area contributed by atoms with E-state index in [2.05, 4.69) is 46.8 Å². The van der Waals surface area contributed by atoms with Gasteiger partial charge in [-0.05, 0) is 54.0 Å². The molecule has 2 atom stereocenters. The fourth-order valence-electron chi connectivity index (χ4n) is 3.58.